The van der Waals surface area contributed by atoms with E-state index in [0.717, 1.165) is 10.3 Å². The highest BCUT2D eigenvalue weighted by atomic mass is 79.9. The van der Waals surface area contributed by atoms with Gasteiger partial charge in [0, 0.05) is 16.7 Å². The number of hydrogen-bond donors (Lipinski definition) is 1. The number of rotatable bonds is 2. The third-order valence-corrected chi connectivity index (χ3v) is 1.95. The second-order valence-corrected chi connectivity index (χ2v) is 4.11. The van der Waals surface area contributed by atoms with Crippen molar-refractivity contribution in [3.63, 3.8) is 0 Å². The second-order valence-electron chi connectivity index (χ2n) is 2.78. The molecule has 0 saturated carbocycles. The van der Waals surface area contributed by atoms with E-state index in [2.05, 4.69) is 26.2 Å². The van der Waals surface area contributed by atoms with Gasteiger partial charge >= 0.3 is 0 Å². The van der Waals surface area contributed by atoms with Crippen LogP contribution in [0.4, 0.5) is 5.82 Å². The average Bonchev–Trinajstić information content (AvgIpc) is 1.94. The highest BCUT2D eigenvalue weighted by Crippen LogP contribution is 2.23. The second kappa shape index (κ2) is 4.10. The Morgan fingerprint density at radius 3 is 2.75 bits per heavy atom. The standard InChI is InChI=1S/C8H10BrClN2/c1-5(2)12-8-7(10)3-6(9)4-11-8/h3-5H,1-2H3,(H,11,12). The highest BCUT2D eigenvalue weighted by Gasteiger charge is 2.02. The fourth-order valence-electron chi connectivity index (χ4n) is 0.794. The smallest absolute Gasteiger partial charge is 0.145 e. The molecule has 0 unspecified atom stereocenters. The zero-order valence-electron chi connectivity index (χ0n) is 6.94. The summed E-state index contributed by atoms with van der Waals surface area (Å²) in [5, 5.41) is 3.77. The van der Waals surface area contributed by atoms with Gasteiger partial charge in [0.2, 0.25) is 0 Å². The molecular formula is C8H10BrClN2. The van der Waals surface area contributed by atoms with Gasteiger partial charge in [0.15, 0.2) is 0 Å². The lowest BCUT2D eigenvalue weighted by Gasteiger charge is -2.09. The molecule has 66 valence electrons. The number of hydrogen-bond acceptors (Lipinski definition) is 2. The SMILES string of the molecule is CC(C)Nc1ncc(Br)cc1Cl. The Hall–Kier alpha value is -0.280. The van der Waals surface area contributed by atoms with Gasteiger partial charge in [-0.25, -0.2) is 4.98 Å². The Kier molecular flexibility index (Phi) is 3.35. The molecule has 0 atom stereocenters. The molecule has 0 bridgehead atoms. The summed E-state index contributed by atoms with van der Waals surface area (Å²) < 4.78 is 0.891. The van der Waals surface area contributed by atoms with Crippen LogP contribution in [0.5, 0.6) is 0 Å². The van der Waals surface area contributed by atoms with E-state index in [1.165, 1.54) is 0 Å². The molecule has 1 N–H and O–H groups in total. The summed E-state index contributed by atoms with van der Waals surface area (Å²) in [5.41, 5.74) is 0. The number of anilines is 1. The van der Waals surface area contributed by atoms with Crippen LogP contribution >= 0.6 is 27.5 Å². The third-order valence-electron chi connectivity index (χ3n) is 1.23. The van der Waals surface area contributed by atoms with Crippen LogP contribution in [0.2, 0.25) is 5.02 Å². The first-order valence-electron chi connectivity index (χ1n) is 3.67. The van der Waals surface area contributed by atoms with Gasteiger partial charge in [-0.15, -0.1) is 0 Å². The Labute approximate surface area is 85.5 Å². The van der Waals surface area contributed by atoms with E-state index in [0.29, 0.717) is 11.1 Å². The average molecular weight is 250 g/mol. The lowest BCUT2D eigenvalue weighted by Crippen LogP contribution is -2.11. The molecule has 0 spiro atoms. The maximum atomic E-state index is 5.92. The lowest BCUT2D eigenvalue weighted by atomic mass is 10.4. The monoisotopic (exact) mass is 248 g/mol. The van der Waals surface area contributed by atoms with Crippen molar-refractivity contribution in [3.05, 3.63) is 21.8 Å². The van der Waals surface area contributed by atoms with Crippen LogP contribution in [-0.4, -0.2) is 11.0 Å². The normalized spacial score (nSPS) is 10.4. The Bertz CT molecular complexity index is 276. The summed E-state index contributed by atoms with van der Waals surface area (Å²) in [4.78, 5) is 4.13. The van der Waals surface area contributed by atoms with E-state index >= 15 is 0 Å². The van der Waals surface area contributed by atoms with E-state index in [4.69, 9.17) is 11.6 Å². The van der Waals surface area contributed by atoms with E-state index < -0.39 is 0 Å². The van der Waals surface area contributed by atoms with E-state index in [1.54, 1.807) is 6.20 Å². The number of aromatic nitrogens is 1. The first kappa shape index (κ1) is 9.81. The molecule has 0 amide bonds. The van der Waals surface area contributed by atoms with Gasteiger partial charge in [-0.3, -0.25) is 0 Å². The summed E-state index contributed by atoms with van der Waals surface area (Å²) in [6.45, 7) is 4.08. The van der Waals surface area contributed by atoms with Gasteiger partial charge in [-0.05, 0) is 35.8 Å². The first-order valence-corrected chi connectivity index (χ1v) is 4.84. The maximum absolute atomic E-state index is 5.92. The van der Waals surface area contributed by atoms with Crippen LogP contribution in [0.15, 0.2) is 16.7 Å². The molecule has 0 aliphatic rings. The van der Waals surface area contributed by atoms with E-state index in [-0.39, 0.29) is 0 Å². The fraction of sp³-hybridized carbons (Fsp3) is 0.375. The van der Waals surface area contributed by atoms with Gasteiger partial charge in [0.05, 0.1) is 5.02 Å². The van der Waals surface area contributed by atoms with Gasteiger partial charge in [-0.1, -0.05) is 11.6 Å². The van der Waals surface area contributed by atoms with Gasteiger partial charge < -0.3 is 5.32 Å². The molecule has 2 nitrogen and oxygen atoms in total. The molecule has 0 fully saturated rings. The quantitative estimate of drug-likeness (QED) is 0.870. The predicted molar refractivity (Wildman–Crippen MR) is 55.7 cm³/mol. The zero-order valence-corrected chi connectivity index (χ0v) is 9.28. The van der Waals surface area contributed by atoms with E-state index in [9.17, 15) is 0 Å². The molecule has 0 aliphatic carbocycles. The molecule has 12 heavy (non-hydrogen) atoms. The molecule has 1 aromatic rings. The van der Waals surface area contributed by atoms with Crippen molar-refractivity contribution in [1.29, 1.82) is 0 Å². The first-order chi connectivity index (χ1) is 5.59. The van der Waals surface area contributed by atoms with Gasteiger partial charge in [0.1, 0.15) is 5.82 Å². The van der Waals surface area contributed by atoms with Crippen LogP contribution in [0.25, 0.3) is 0 Å². The van der Waals surface area contributed by atoms with Crippen LogP contribution < -0.4 is 5.32 Å². The summed E-state index contributed by atoms with van der Waals surface area (Å²) >= 11 is 9.21. The van der Waals surface area contributed by atoms with Gasteiger partial charge in [0.25, 0.3) is 0 Å². The zero-order chi connectivity index (χ0) is 9.14. The van der Waals surface area contributed by atoms with Crippen molar-refractivity contribution >= 4 is 33.3 Å². The summed E-state index contributed by atoms with van der Waals surface area (Å²) in [6.07, 6.45) is 1.72. The number of nitrogens with zero attached hydrogens (tertiary/aromatic N) is 1. The molecular weight excluding hydrogens is 239 g/mol. The molecule has 0 aromatic carbocycles. The maximum Gasteiger partial charge on any atom is 0.145 e. The molecule has 0 aliphatic heterocycles. The Morgan fingerprint density at radius 2 is 2.25 bits per heavy atom. The minimum atomic E-state index is 0.344. The summed E-state index contributed by atoms with van der Waals surface area (Å²) in [7, 11) is 0. The molecule has 1 heterocycles. The summed E-state index contributed by atoms with van der Waals surface area (Å²) in [6, 6.07) is 2.16. The predicted octanol–water partition coefficient (Wildman–Crippen LogP) is 3.32. The highest BCUT2D eigenvalue weighted by molar-refractivity contribution is 9.10. The lowest BCUT2D eigenvalue weighted by molar-refractivity contribution is 0.889. The van der Waals surface area contributed by atoms with Gasteiger partial charge in [-0.2, -0.15) is 0 Å². The Balaban J connectivity index is 2.86. The van der Waals surface area contributed by atoms with Crippen molar-refractivity contribution in [2.45, 2.75) is 19.9 Å². The van der Waals surface area contributed by atoms with Crippen LogP contribution in [-0.2, 0) is 0 Å². The van der Waals surface area contributed by atoms with Crippen molar-refractivity contribution < 1.29 is 0 Å². The molecule has 1 rings (SSSR count). The topological polar surface area (TPSA) is 24.9 Å². The third kappa shape index (κ3) is 2.64. The Morgan fingerprint density at radius 1 is 1.58 bits per heavy atom. The molecule has 0 radical (unpaired) electrons. The van der Waals surface area contributed by atoms with Crippen molar-refractivity contribution in [3.8, 4) is 0 Å². The number of pyridine rings is 1. The fourth-order valence-corrected chi connectivity index (χ4v) is 1.48. The van der Waals surface area contributed by atoms with Crippen LogP contribution in [0.3, 0.4) is 0 Å². The largest absolute Gasteiger partial charge is 0.367 e. The molecule has 4 heteroatoms. The number of halogens is 2. The van der Waals surface area contributed by atoms with Crippen LogP contribution in [0.1, 0.15) is 13.8 Å². The molecule has 0 saturated heterocycles. The van der Waals surface area contributed by atoms with Crippen molar-refractivity contribution in [2.75, 3.05) is 5.32 Å². The number of nitrogens with one attached hydrogen (secondary N) is 1. The molecule has 1 aromatic heterocycles. The summed E-state index contributed by atoms with van der Waals surface area (Å²) in [5.74, 6) is 0.731. The van der Waals surface area contributed by atoms with Crippen molar-refractivity contribution in [2.24, 2.45) is 0 Å². The minimum absolute atomic E-state index is 0.344. The van der Waals surface area contributed by atoms with E-state index in [1.807, 2.05) is 19.9 Å². The van der Waals surface area contributed by atoms with Crippen molar-refractivity contribution in [1.82, 2.24) is 4.98 Å². The minimum Gasteiger partial charge on any atom is -0.367 e. The van der Waals surface area contributed by atoms with Crippen LogP contribution in [0, 0.1) is 0 Å².